The van der Waals surface area contributed by atoms with Gasteiger partial charge >= 0.3 is 6.61 Å². The van der Waals surface area contributed by atoms with Crippen molar-refractivity contribution in [3.05, 3.63) is 23.3 Å². The zero-order valence-corrected chi connectivity index (χ0v) is 9.46. The highest BCUT2D eigenvalue weighted by Gasteiger charge is 2.19. The summed E-state index contributed by atoms with van der Waals surface area (Å²) in [7, 11) is -4.09. The van der Waals surface area contributed by atoms with E-state index < -0.39 is 16.6 Å². The van der Waals surface area contributed by atoms with Gasteiger partial charge < -0.3 is 4.74 Å². The summed E-state index contributed by atoms with van der Waals surface area (Å²) in [5.41, 5.74) is -0.259. The first-order valence-electron chi connectivity index (χ1n) is 4.28. The molecule has 1 rings (SSSR count). The van der Waals surface area contributed by atoms with E-state index in [-0.39, 0.29) is 21.8 Å². The van der Waals surface area contributed by atoms with Gasteiger partial charge in [-0.2, -0.15) is 14.0 Å². The summed E-state index contributed by atoms with van der Waals surface area (Å²) in [6, 6.07) is 3.55. The van der Waals surface area contributed by atoms with Crippen LogP contribution in [0.15, 0.2) is 17.0 Å². The second kappa shape index (κ2) is 4.65. The van der Waals surface area contributed by atoms with Crippen molar-refractivity contribution in [2.75, 3.05) is 0 Å². The molecule has 1 aromatic carbocycles. The minimum atomic E-state index is -4.09. The molecule has 8 heteroatoms. The van der Waals surface area contributed by atoms with Gasteiger partial charge in [-0.05, 0) is 24.6 Å². The van der Waals surface area contributed by atoms with Crippen LogP contribution in [0.25, 0.3) is 0 Å². The minimum absolute atomic E-state index is 0.0715. The van der Waals surface area contributed by atoms with E-state index in [4.69, 9.17) is 10.4 Å². The molecule has 0 aliphatic rings. The number of alkyl halides is 2. The average molecular weight is 262 g/mol. The van der Waals surface area contributed by atoms with Crippen molar-refractivity contribution in [2.45, 2.75) is 18.4 Å². The molecular weight excluding hydrogens is 254 g/mol. The summed E-state index contributed by atoms with van der Waals surface area (Å²) < 4.78 is 50.4. The van der Waals surface area contributed by atoms with Gasteiger partial charge in [0, 0.05) is 0 Å². The Hall–Kier alpha value is -1.72. The van der Waals surface area contributed by atoms with Gasteiger partial charge in [0.05, 0.1) is 5.56 Å². The van der Waals surface area contributed by atoms with Crippen LogP contribution in [0.4, 0.5) is 8.78 Å². The molecule has 0 aliphatic carbocycles. The highest BCUT2D eigenvalue weighted by molar-refractivity contribution is 7.89. The number of primary sulfonamides is 1. The SMILES string of the molecule is Cc1cc(OC(F)F)cc(C#N)c1S(N)(=O)=O. The number of nitrogens with two attached hydrogens (primary N) is 1. The largest absolute Gasteiger partial charge is 0.435 e. The predicted octanol–water partition coefficient (Wildman–Crippen LogP) is 1.12. The van der Waals surface area contributed by atoms with Crippen LogP contribution in [0.1, 0.15) is 11.1 Å². The first-order valence-corrected chi connectivity index (χ1v) is 5.82. The molecule has 0 atom stereocenters. The molecule has 5 nitrogen and oxygen atoms in total. The Labute approximate surface area is 96.5 Å². The molecule has 0 unspecified atom stereocenters. The van der Waals surface area contributed by atoms with Gasteiger partial charge in [-0.3, -0.25) is 0 Å². The summed E-state index contributed by atoms with van der Waals surface area (Å²) in [6.45, 7) is -1.72. The number of sulfonamides is 1. The standard InChI is InChI=1S/C9H8F2N2O3S/c1-5-2-7(16-9(10)11)3-6(4-12)8(5)17(13,14)15/h2-3,9H,1H3,(H2,13,14,15). The van der Waals surface area contributed by atoms with Gasteiger partial charge in [-0.15, -0.1) is 0 Å². The van der Waals surface area contributed by atoms with E-state index in [1.807, 2.05) is 0 Å². The first-order chi connectivity index (χ1) is 7.75. The Kier molecular flexibility index (Phi) is 3.65. The summed E-state index contributed by atoms with van der Waals surface area (Å²) in [6.07, 6.45) is 0. The topological polar surface area (TPSA) is 93.2 Å². The summed E-state index contributed by atoms with van der Waals surface area (Å²) >= 11 is 0. The fourth-order valence-corrected chi connectivity index (χ4v) is 2.29. The zero-order valence-electron chi connectivity index (χ0n) is 8.65. The Bertz CT molecular complexity index is 579. The van der Waals surface area contributed by atoms with Crippen LogP contribution in [-0.4, -0.2) is 15.0 Å². The lowest BCUT2D eigenvalue weighted by Crippen LogP contribution is -2.16. The van der Waals surface area contributed by atoms with E-state index in [1.54, 1.807) is 6.07 Å². The molecule has 1 aromatic rings. The number of aryl methyl sites for hydroxylation is 1. The minimum Gasteiger partial charge on any atom is -0.435 e. The first kappa shape index (κ1) is 13.3. The highest BCUT2D eigenvalue weighted by atomic mass is 32.2. The van der Waals surface area contributed by atoms with Crippen LogP contribution in [0.5, 0.6) is 5.75 Å². The lowest BCUT2D eigenvalue weighted by Gasteiger charge is -2.09. The van der Waals surface area contributed by atoms with E-state index >= 15 is 0 Å². The summed E-state index contributed by atoms with van der Waals surface area (Å²) in [4.78, 5) is -0.387. The van der Waals surface area contributed by atoms with Crippen molar-refractivity contribution in [2.24, 2.45) is 5.14 Å². The van der Waals surface area contributed by atoms with Crippen LogP contribution in [0.3, 0.4) is 0 Å². The monoisotopic (exact) mass is 262 g/mol. The molecule has 0 radical (unpaired) electrons. The molecule has 17 heavy (non-hydrogen) atoms. The van der Waals surface area contributed by atoms with Crippen LogP contribution >= 0.6 is 0 Å². The molecule has 2 N–H and O–H groups in total. The molecule has 0 aromatic heterocycles. The maximum atomic E-state index is 12.0. The van der Waals surface area contributed by atoms with Gasteiger partial charge in [0.1, 0.15) is 16.7 Å². The average Bonchev–Trinajstić information content (AvgIpc) is 2.13. The maximum absolute atomic E-state index is 12.0. The number of ether oxygens (including phenoxy) is 1. The number of nitrogens with zero attached hydrogens (tertiary/aromatic N) is 1. The fraction of sp³-hybridized carbons (Fsp3) is 0.222. The van der Waals surface area contributed by atoms with Crippen molar-refractivity contribution in [1.29, 1.82) is 5.26 Å². The van der Waals surface area contributed by atoms with E-state index in [0.717, 1.165) is 12.1 Å². The Morgan fingerprint density at radius 2 is 2.06 bits per heavy atom. The third-order valence-electron chi connectivity index (χ3n) is 1.88. The molecule has 0 saturated carbocycles. The van der Waals surface area contributed by atoms with Crippen molar-refractivity contribution in [3.63, 3.8) is 0 Å². The highest BCUT2D eigenvalue weighted by Crippen LogP contribution is 2.25. The van der Waals surface area contributed by atoms with E-state index in [1.165, 1.54) is 6.92 Å². The second-order valence-corrected chi connectivity index (χ2v) is 4.65. The van der Waals surface area contributed by atoms with Gasteiger partial charge in [-0.1, -0.05) is 0 Å². The van der Waals surface area contributed by atoms with Gasteiger partial charge in [0.15, 0.2) is 0 Å². The number of hydrogen-bond acceptors (Lipinski definition) is 4. The smallest absolute Gasteiger partial charge is 0.387 e. The van der Waals surface area contributed by atoms with Gasteiger partial charge in [0.25, 0.3) is 0 Å². The second-order valence-electron chi connectivity index (χ2n) is 3.15. The lowest BCUT2D eigenvalue weighted by atomic mass is 10.1. The summed E-state index contributed by atoms with van der Waals surface area (Å²) in [5, 5.41) is 13.7. The third-order valence-corrected chi connectivity index (χ3v) is 2.99. The molecule has 0 fully saturated rings. The van der Waals surface area contributed by atoms with Crippen molar-refractivity contribution < 1.29 is 21.9 Å². The van der Waals surface area contributed by atoms with Crippen molar-refractivity contribution >= 4 is 10.0 Å². The molecule has 0 spiro atoms. The van der Waals surface area contributed by atoms with Crippen LogP contribution in [0.2, 0.25) is 0 Å². The Morgan fingerprint density at radius 3 is 2.47 bits per heavy atom. The van der Waals surface area contributed by atoms with Crippen molar-refractivity contribution in [1.82, 2.24) is 0 Å². The molecule has 0 bridgehead atoms. The van der Waals surface area contributed by atoms with Crippen LogP contribution < -0.4 is 9.88 Å². The summed E-state index contributed by atoms with van der Waals surface area (Å²) in [5.74, 6) is -0.290. The Balaban J connectivity index is 3.43. The van der Waals surface area contributed by atoms with Crippen LogP contribution in [-0.2, 0) is 10.0 Å². The number of rotatable bonds is 3. The van der Waals surface area contributed by atoms with E-state index in [9.17, 15) is 17.2 Å². The molecule has 0 amide bonds. The number of hydrogen-bond donors (Lipinski definition) is 1. The number of halogens is 2. The van der Waals surface area contributed by atoms with Crippen molar-refractivity contribution in [3.8, 4) is 11.8 Å². The molecule has 0 heterocycles. The molecule has 92 valence electrons. The van der Waals surface area contributed by atoms with Crippen LogP contribution in [0, 0.1) is 18.3 Å². The van der Waals surface area contributed by atoms with E-state index in [2.05, 4.69) is 4.74 Å². The fourth-order valence-electron chi connectivity index (χ4n) is 1.37. The normalized spacial score (nSPS) is 11.3. The van der Waals surface area contributed by atoms with Gasteiger partial charge in [0.2, 0.25) is 10.0 Å². The Morgan fingerprint density at radius 1 is 1.47 bits per heavy atom. The molecule has 0 saturated heterocycles. The van der Waals surface area contributed by atoms with Gasteiger partial charge in [-0.25, -0.2) is 13.6 Å². The third kappa shape index (κ3) is 3.12. The molecular formula is C9H8F2N2O3S. The zero-order chi connectivity index (χ0) is 13.2. The number of nitriles is 1. The predicted molar refractivity (Wildman–Crippen MR) is 53.9 cm³/mol. The number of benzene rings is 1. The molecule has 0 aliphatic heterocycles. The maximum Gasteiger partial charge on any atom is 0.387 e. The van der Waals surface area contributed by atoms with E-state index in [0.29, 0.717) is 0 Å². The quantitative estimate of drug-likeness (QED) is 0.883. The lowest BCUT2D eigenvalue weighted by molar-refractivity contribution is -0.0499.